The zero-order valence-corrected chi connectivity index (χ0v) is 7.73. The highest BCUT2D eigenvalue weighted by Gasteiger charge is 2.06. The van der Waals surface area contributed by atoms with Crippen LogP contribution in [0.3, 0.4) is 0 Å². The maximum absolute atomic E-state index is 11.2. The average Bonchev–Trinajstić information content (AvgIpc) is 2.02. The largest absolute Gasteiger partial charge is 0.312 e. The van der Waals surface area contributed by atoms with Crippen LogP contribution in [0, 0.1) is 0 Å². The van der Waals surface area contributed by atoms with Crippen molar-refractivity contribution in [3.8, 4) is 0 Å². The monoisotopic (exact) mass is 215 g/mol. The summed E-state index contributed by atoms with van der Waals surface area (Å²) < 4.78 is 0. The van der Waals surface area contributed by atoms with Gasteiger partial charge in [-0.25, -0.2) is 9.97 Å². The van der Waals surface area contributed by atoms with Crippen molar-refractivity contribution in [1.29, 1.82) is 0 Å². The van der Waals surface area contributed by atoms with E-state index >= 15 is 0 Å². The molecule has 0 saturated carbocycles. The van der Waals surface area contributed by atoms with Crippen LogP contribution in [-0.2, 0) is 0 Å². The number of H-pyrrole nitrogens is 1. The minimum absolute atomic E-state index is 0.218. The van der Waals surface area contributed by atoms with Gasteiger partial charge in [0.15, 0.2) is 5.65 Å². The van der Waals surface area contributed by atoms with Gasteiger partial charge in [-0.2, -0.15) is 0 Å². The zero-order chi connectivity index (χ0) is 9.42. The van der Waals surface area contributed by atoms with Gasteiger partial charge in [0.25, 0.3) is 5.56 Å². The van der Waals surface area contributed by atoms with E-state index in [4.69, 9.17) is 23.2 Å². The van der Waals surface area contributed by atoms with Crippen LogP contribution in [-0.4, -0.2) is 15.0 Å². The Morgan fingerprint density at radius 2 is 2.15 bits per heavy atom. The fourth-order valence-electron chi connectivity index (χ4n) is 1.00. The van der Waals surface area contributed by atoms with Crippen molar-refractivity contribution < 1.29 is 0 Å². The first-order valence-corrected chi connectivity index (χ1v) is 4.13. The summed E-state index contributed by atoms with van der Waals surface area (Å²) in [6.07, 6.45) is 1.25. The molecule has 0 amide bonds. The number of nitrogens with zero attached hydrogens (tertiary/aromatic N) is 2. The Balaban J connectivity index is 3.03. The van der Waals surface area contributed by atoms with Gasteiger partial charge in [0, 0.05) is 0 Å². The van der Waals surface area contributed by atoms with Crippen molar-refractivity contribution in [2.24, 2.45) is 0 Å². The van der Waals surface area contributed by atoms with Crippen LogP contribution in [0.2, 0.25) is 10.2 Å². The number of halogens is 2. The maximum Gasteiger partial charge on any atom is 0.261 e. The lowest BCUT2D eigenvalue weighted by Gasteiger charge is -1.97. The number of pyridine rings is 1. The Kier molecular flexibility index (Phi) is 1.94. The minimum atomic E-state index is -0.320. The van der Waals surface area contributed by atoms with Gasteiger partial charge in [0.2, 0.25) is 0 Å². The van der Waals surface area contributed by atoms with Crippen LogP contribution in [0.4, 0.5) is 0 Å². The van der Waals surface area contributed by atoms with E-state index in [1.807, 2.05) is 0 Å². The van der Waals surface area contributed by atoms with E-state index in [2.05, 4.69) is 15.0 Å². The van der Waals surface area contributed by atoms with Crippen LogP contribution in [0.25, 0.3) is 11.0 Å². The van der Waals surface area contributed by atoms with Gasteiger partial charge in [0.05, 0.1) is 11.3 Å². The van der Waals surface area contributed by atoms with E-state index in [-0.39, 0.29) is 26.8 Å². The lowest BCUT2D eigenvalue weighted by molar-refractivity contribution is 1.14. The Bertz CT molecular complexity index is 523. The van der Waals surface area contributed by atoms with Crippen LogP contribution >= 0.6 is 23.2 Å². The second kappa shape index (κ2) is 2.97. The third-order valence-electron chi connectivity index (χ3n) is 1.53. The third-order valence-corrected chi connectivity index (χ3v) is 2.02. The van der Waals surface area contributed by atoms with Crippen LogP contribution < -0.4 is 5.56 Å². The number of rotatable bonds is 0. The van der Waals surface area contributed by atoms with Crippen molar-refractivity contribution in [3.05, 3.63) is 32.9 Å². The van der Waals surface area contributed by atoms with Gasteiger partial charge in [0.1, 0.15) is 10.5 Å². The summed E-state index contributed by atoms with van der Waals surface area (Å²) in [5.74, 6) is 0. The molecule has 2 rings (SSSR count). The van der Waals surface area contributed by atoms with Crippen molar-refractivity contribution in [1.82, 2.24) is 15.0 Å². The van der Waals surface area contributed by atoms with Crippen LogP contribution in [0.5, 0.6) is 0 Å². The van der Waals surface area contributed by atoms with E-state index in [0.29, 0.717) is 0 Å². The highest BCUT2D eigenvalue weighted by Crippen LogP contribution is 2.20. The van der Waals surface area contributed by atoms with E-state index in [0.717, 1.165) is 0 Å². The molecule has 6 heteroatoms. The Hall–Kier alpha value is -1.13. The summed E-state index contributed by atoms with van der Waals surface area (Å²) in [7, 11) is 0. The molecule has 0 aliphatic rings. The fraction of sp³-hybridized carbons (Fsp3) is 0. The minimum Gasteiger partial charge on any atom is -0.312 e. The highest BCUT2D eigenvalue weighted by atomic mass is 35.5. The van der Waals surface area contributed by atoms with E-state index < -0.39 is 0 Å². The molecule has 0 aromatic carbocycles. The number of nitrogens with one attached hydrogen (secondary N) is 1. The highest BCUT2D eigenvalue weighted by molar-refractivity contribution is 6.37. The Morgan fingerprint density at radius 1 is 1.38 bits per heavy atom. The molecule has 13 heavy (non-hydrogen) atoms. The van der Waals surface area contributed by atoms with Crippen LogP contribution in [0.15, 0.2) is 17.2 Å². The molecular weight excluding hydrogens is 213 g/mol. The maximum atomic E-state index is 11.2. The number of aromatic amines is 1. The quantitative estimate of drug-likeness (QED) is 0.680. The van der Waals surface area contributed by atoms with Crippen LogP contribution in [0.1, 0.15) is 0 Å². The molecule has 2 aromatic heterocycles. The summed E-state index contributed by atoms with van der Waals surface area (Å²) in [5, 5.41) is 0.730. The summed E-state index contributed by atoms with van der Waals surface area (Å²) >= 11 is 11.4. The number of aromatic nitrogens is 3. The molecule has 1 N–H and O–H groups in total. The van der Waals surface area contributed by atoms with E-state index in [1.54, 1.807) is 0 Å². The second-order valence-corrected chi connectivity index (χ2v) is 3.15. The molecule has 2 heterocycles. The van der Waals surface area contributed by atoms with Gasteiger partial charge >= 0.3 is 0 Å². The lowest BCUT2D eigenvalue weighted by Crippen LogP contribution is -2.07. The molecule has 0 radical (unpaired) electrons. The van der Waals surface area contributed by atoms with E-state index in [9.17, 15) is 4.79 Å². The van der Waals surface area contributed by atoms with Gasteiger partial charge in [-0.15, -0.1) is 0 Å². The first-order valence-electron chi connectivity index (χ1n) is 3.38. The smallest absolute Gasteiger partial charge is 0.261 e. The molecule has 0 saturated heterocycles. The summed E-state index contributed by atoms with van der Waals surface area (Å²) in [6, 6.07) is 1.41. The summed E-state index contributed by atoms with van der Waals surface area (Å²) in [4.78, 5) is 21.3. The molecule has 4 nitrogen and oxygen atoms in total. The number of hydrogen-bond acceptors (Lipinski definition) is 3. The molecular formula is C7H3Cl2N3O. The number of hydrogen-bond donors (Lipinski definition) is 1. The topological polar surface area (TPSA) is 58.6 Å². The first-order chi connectivity index (χ1) is 6.18. The summed E-state index contributed by atoms with van der Waals surface area (Å²) in [5.41, 5.74) is -0.0691. The van der Waals surface area contributed by atoms with Gasteiger partial charge in [-0.1, -0.05) is 23.2 Å². The van der Waals surface area contributed by atoms with Gasteiger partial charge in [-0.3, -0.25) is 4.79 Å². The zero-order valence-electron chi connectivity index (χ0n) is 6.21. The second-order valence-electron chi connectivity index (χ2n) is 2.36. The molecule has 0 fully saturated rings. The fourth-order valence-corrected chi connectivity index (χ4v) is 1.52. The first kappa shape index (κ1) is 8.47. The predicted molar refractivity (Wildman–Crippen MR) is 50.2 cm³/mol. The molecule has 0 spiro atoms. The standard InChI is InChI=1S/C7H3Cl2N3O/c8-3-1-4(9)12-6-5(3)7(13)11-2-10-6/h1-2H,(H,10,11,12,13). The molecule has 0 aliphatic carbocycles. The Labute approximate surface area is 82.5 Å². The van der Waals surface area contributed by atoms with Crippen molar-refractivity contribution >= 4 is 34.2 Å². The molecule has 0 unspecified atom stereocenters. The third kappa shape index (κ3) is 1.38. The molecule has 0 bridgehead atoms. The molecule has 2 aromatic rings. The van der Waals surface area contributed by atoms with Gasteiger partial charge < -0.3 is 4.98 Å². The Morgan fingerprint density at radius 3 is 2.92 bits per heavy atom. The average molecular weight is 216 g/mol. The summed E-state index contributed by atoms with van der Waals surface area (Å²) in [6.45, 7) is 0. The normalized spacial score (nSPS) is 10.6. The van der Waals surface area contributed by atoms with E-state index in [1.165, 1.54) is 12.4 Å². The predicted octanol–water partition coefficient (Wildman–Crippen LogP) is 1.62. The van der Waals surface area contributed by atoms with Crippen molar-refractivity contribution in [3.63, 3.8) is 0 Å². The molecule has 0 atom stereocenters. The lowest BCUT2D eigenvalue weighted by atomic mass is 10.3. The molecule has 0 aliphatic heterocycles. The van der Waals surface area contributed by atoms with Gasteiger partial charge in [-0.05, 0) is 6.07 Å². The number of fused-ring (bicyclic) bond motifs is 1. The SMILES string of the molecule is O=c1[nH]cnc2nc(Cl)cc(Cl)c12. The van der Waals surface area contributed by atoms with Crippen molar-refractivity contribution in [2.45, 2.75) is 0 Å². The van der Waals surface area contributed by atoms with Crippen molar-refractivity contribution in [2.75, 3.05) is 0 Å². The molecule has 66 valence electrons.